The summed E-state index contributed by atoms with van der Waals surface area (Å²) in [5, 5.41) is 3.84. The van der Waals surface area contributed by atoms with E-state index in [1.807, 2.05) is 12.3 Å². The monoisotopic (exact) mass is 238 g/mol. The molecule has 16 heavy (non-hydrogen) atoms. The lowest BCUT2D eigenvalue weighted by molar-refractivity contribution is 0.491. The van der Waals surface area contributed by atoms with E-state index >= 15 is 0 Å². The van der Waals surface area contributed by atoms with Gasteiger partial charge in [-0.25, -0.2) is 0 Å². The molecular formula is C13H19ClN2. The highest BCUT2D eigenvalue weighted by Crippen LogP contribution is 2.29. The third-order valence-electron chi connectivity index (χ3n) is 3.38. The van der Waals surface area contributed by atoms with Gasteiger partial charge in [-0.2, -0.15) is 0 Å². The molecular weight excluding hydrogens is 220 g/mol. The van der Waals surface area contributed by atoms with Crippen LogP contribution in [0.25, 0.3) is 0 Å². The number of halogens is 1. The maximum Gasteiger partial charge on any atom is 0.0570 e. The van der Waals surface area contributed by atoms with Crippen LogP contribution in [-0.2, 0) is 6.54 Å². The average molecular weight is 239 g/mol. The summed E-state index contributed by atoms with van der Waals surface area (Å²) in [5.74, 6) is 0.644. The second kappa shape index (κ2) is 5.65. The standard InChI is InChI=1S/C13H19ClN2/c1-10-4-3-7-16-13(10)9-15-8-11-5-2-6-12(11)14/h3-4,7,11-12,15H,2,5-6,8-9H2,1H3. The summed E-state index contributed by atoms with van der Waals surface area (Å²) >= 11 is 6.24. The van der Waals surface area contributed by atoms with Gasteiger partial charge in [0.15, 0.2) is 0 Å². The molecule has 2 atom stereocenters. The SMILES string of the molecule is Cc1cccnc1CNCC1CCCC1Cl. The summed E-state index contributed by atoms with van der Waals surface area (Å²) in [6, 6.07) is 4.08. The fourth-order valence-electron chi connectivity index (χ4n) is 2.30. The Kier molecular flexibility index (Phi) is 4.19. The van der Waals surface area contributed by atoms with Crippen LogP contribution in [-0.4, -0.2) is 16.9 Å². The van der Waals surface area contributed by atoms with Crippen LogP contribution >= 0.6 is 11.6 Å². The van der Waals surface area contributed by atoms with Gasteiger partial charge in [0.25, 0.3) is 0 Å². The fraction of sp³-hybridized carbons (Fsp3) is 0.615. The average Bonchev–Trinajstić information content (AvgIpc) is 2.67. The highest BCUT2D eigenvalue weighted by molar-refractivity contribution is 6.20. The molecule has 1 aliphatic rings. The molecule has 88 valence electrons. The van der Waals surface area contributed by atoms with E-state index in [4.69, 9.17) is 11.6 Å². The minimum atomic E-state index is 0.373. The lowest BCUT2D eigenvalue weighted by Gasteiger charge is -2.14. The molecule has 1 fully saturated rings. The van der Waals surface area contributed by atoms with Crippen LogP contribution in [0.3, 0.4) is 0 Å². The van der Waals surface area contributed by atoms with Crippen molar-refractivity contribution in [3.8, 4) is 0 Å². The van der Waals surface area contributed by atoms with Gasteiger partial charge in [0, 0.05) is 18.1 Å². The molecule has 0 radical (unpaired) electrons. The zero-order valence-electron chi connectivity index (χ0n) is 9.75. The van der Waals surface area contributed by atoms with Gasteiger partial charge in [-0.05, 0) is 43.9 Å². The van der Waals surface area contributed by atoms with Crippen LogP contribution in [0.15, 0.2) is 18.3 Å². The maximum absolute atomic E-state index is 6.24. The lowest BCUT2D eigenvalue weighted by Crippen LogP contribution is -2.25. The summed E-state index contributed by atoms with van der Waals surface area (Å²) < 4.78 is 0. The van der Waals surface area contributed by atoms with E-state index in [1.165, 1.54) is 24.8 Å². The Morgan fingerprint density at radius 3 is 3.06 bits per heavy atom. The zero-order chi connectivity index (χ0) is 11.4. The molecule has 0 aliphatic heterocycles. The summed E-state index contributed by atoms with van der Waals surface area (Å²) in [7, 11) is 0. The van der Waals surface area contributed by atoms with Crippen molar-refractivity contribution in [3.05, 3.63) is 29.6 Å². The van der Waals surface area contributed by atoms with Gasteiger partial charge in [0.05, 0.1) is 5.69 Å². The molecule has 1 heterocycles. The van der Waals surface area contributed by atoms with E-state index in [0.29, 0.717) is 11.3 Å². The summed E-state index contributed by atoms with van der Waals surface area (Å²) in [4.78, 5) is 4.37. The Labute approximate surface area is 102 Å². The molecule has 2 unspecified atom stereocenters. The molecule has 0 amide bonds. The largest absolute Gasteiger partial charge is 0.311 e. The predicted molar refractivity (Wildman–Crippen MR) is 67.7 cm³/mol. The number of pyridine rings is 1. The second-order valence-corrected chi connectivity index (χ2v) is 5.17. The normalized spacial score (nSPS) is 24.9. The third-order valence-corrected chi connectivity index (χ3v) is 3.96. The van der Waals surface area contributed by atoms with Crippen LogP contribution in [0.4, 0.5) is 0 Å². The highest BCUT2D eigenvalue weighted by atomic mass is 35.5. The highest BCUT2D eigenvalue weighted by Gasteiger charge is 2.24. The molecule has 3 heteroatoms. The van der Waals surface area contributed by atoms with Crippen molar-refractivity contribution >= 4 is 11.6 Å². The first-order valence-corrected chi connectivity index (χ1v) is 6.46. The predicted octanol–water partition coefficient (Wildman–Crippen LogP) is 2.89. The molecule has 1 saturated carbocycles. The van der Waals surface area contributed by atoms with Crippen molar-refractivity contribution in [3.63, 3.8) is 0 Å². The summed E-state index contributed by atoms with van der Waals surface area (Å²) in [6.07, 6.45) is 5.58. The quantitative estimate of drug-likeness (QED) is 0.816. The van der Waals surface area contributed by atoms with Gasteiger partial charge in [-0.3, -0.25) is 4.98 Å². The van der Waals surface area contributed by atoms with Crippen LogP contribution < -0.4 is 5.32 Å². The van der Waals surface area contributed by atoms with Crippen LogP contribution in [0.1, 0.15) is 30.5 Å². The molecule has 0 spiro atoms. The maximum atomic E-state index is 6.24. The number of alkyl halides is 1. The number of nitrogens with zero attached hydrogens (tertiary/aromatic N) is 1. The van der Waals surface area contributed by atoms with Crippen molar-refractivity contribution < 1.29 is 0 Å². The lowest BCUT2D eigenvalue weighted by atomic mass is 10.1. The Bertz CT molecular complexity index is 340. The van der Waals surface area contributed by atoms with E-state index in [-0.39, 0.29) is 0 Å². The zero-order valence-corrected chi connectivity index (χ0v) is 10.5. The Morgan fingerprint density at radius 2 is 2.38 bits per heavy atom. The van der Waals surface area contributed by atoms with E-state index in [0.717, 1.165) is 18.8 Å². The molecule has 1 aromatic rings. The number of hydrogen-bond acceptors (Lipinski definition) is 2. The Morgan fingerprint density at radius 1 is 1.50 bits per heavy atom. The molecule has 2 rings (SSSR count). The van der Waals surface area contributed by atoms with Crippen molar-refractivity contribution in [2.45, 2.75) is 38.1 Å². The number of aromatic nitrogens is 1. The molecule has 1 N–H and O–H groups in total. The van der Waals surface area contributed by atoms with Crippen molar-refractivity contribution in [1.82, 2.24) is 10.3 Å². The first kappa shape index (κ1) is 11.9. The van der Waals surface area contributed by atoms with Crippen LogP contribution in [0.5, 0.6) is 0 Å². The summed E-state index contributed by atoms with van der Waals surface area (Å²) in [5.41, 5.74) is 2.40. The van der Waals surface area contributed by atoms with E-state index in [9.17, 15) is 0 Å². The van der Waals surface area contributed by atoms with Gasteiger partial charge in [-0.15, -0.1) is 11.6 Å². The second-order valence-electron chi connectivity index (χ2n) is 4.60. The molecule has 0 bridgehead atoms. The van der Waals surface area contributed by atoms with Gasteiger partial charge >= 0.3 is 0 Å². The van der Waals surface area contributed by atoms with Crippen molar-refractivity contribution in [2.24, 2.45) is 5.92 Å². The third kappa shape index (κ3) is 2.96. The molecule has 0 saturated heterocycles. The minimum Gasteiger partial charge on any atom is -0.311 e. The number of rotatable bonds is 4. The Hall–Kier alpha value is -0.600. The van der Waals surface area contributed by atoms with E-state index < -0.39 is 0 Å². The van der Waals surface area contributed by atoms with Gasteiger partial charge < -0.3 is 5.32 Å². The van der Waals surface area contributed by atoms with Gasteiger partial charge in [0.2, 0.25) is 0 Å². The first-order valence-electron chi connectivity index (χ1n) is 6.02. The van der Waals surface area contributed by atoms with E-state index in [2.05, 4.69) is 23.3 Å². The topological polar surface area (TPSA) is 24.9 Å². The Balaban J connectivity index is 1.78. The minimum absolute atomic E-state index is 0.373. The van der Waals surface area contributed by atoms with Crippen molar-refractivity contribution in [2.75, 3.05) is 6.54 Å². The molecule has 1 aliphatic carbocycles. The molecule has 0 aromatic carbocycles. The molecule has 2 nitrogen and oxygen atoms in total. The van der Waals surface area contributed by atoms with Crippen LogP contribution in [0, 0.1) is 12.8 Å². The number of nitrogens with one attached hydrogen (secondary N) is 1. The first-order chi connectivity index (χ1) is 7.77. The van der Waals surface area contributed by atoms with Gasteiger partial charge in [-0.1, -0.05) is 12.5 Å². The van der Waals surface area contributed by atoms with Crippen LogP contribution in [0.2, 0.25) is 0 Å². The number of aryl methyl sites for hydroxylation is 1. The van der Waals surface area contributed by atoms with Crippen molar-refractivity contribution in [1.29, 1.82) is 0 Å². The van der Waals surface area contributed by atoms with E-state index in [1.54, 1.807) is 0 Å². The smallest absolute Gasteiger partial charge is 0.0570 e. The summed E-state index contributed by atoms with van der Waals surface area (Å²) in [6.45, 7) is 3.97. The number of hydrogen-bond donors (Lipinski definition) is 1. The van der Waals surface area contributed by atoms with Gasteiger partial charge in [0.1, 0.15) is 0 Å². The molecule has 1 aromatic heterocycles. The fourth-order valence-corrected chi connectivity index (χ4v) is 2.67.